The zero-order valence-corrected chi connectivity index (χ0v) is 18.9. The van der Waals surface area contributed by atoms with Gasteiger partial charge in [-0.05, 0) is 35.9 Å². The van der Waals surface area contributed by atoms with E-state index < -0.39 is 4.92 Å². The minimum absolute atomic E-state index is 0.0304. The Hall–Kier alpha value is -4.32. The van der Waals surface area contributed by atoms with Crippen LogP contribution in [0.15, 0.2) is 69.5 Å². The molecule has 2 aliphatic heterocycles. The number of nitrogens with one attached hydrogen (secondary N) is 1. The lowest BCUT2D eigenvalue weighted by Crippen LogP contribution is -2.28. The molecule has 35 heavy (non-hydrogen) atoms. The van der Waals surface area contributed by atoms with Crippen LogP contribution in [0.4, 0.5) is 5.69 Å². The van der Waals surface area contributed by atoms with Crippen LogP contribution in [0, 0.1) is 10.1 Å². The topological polar surface area (TPSA) is 136 Å². The van der Waals surface area contributed by atoms with Gasteiger partial charge in [-0.2, -0.15) is 5.10 Å². The lowest BCUT2D eigenvalue weighted by Gasteiger charge is -2.22. The highest BCUT2D eigenvalue weighted by atomic mass is 32.2. The summed E-state index contributed by atoms with van der Waals surface area (Å²) in [5.74, 6) is 1.76. The van der Waals surface area contributed by atoms with E-state index in [-0.39, 0.29) is 30.2 Å². The van der Waals surface area contributed by atoms with Crippen molar-refractivity contribution in [3.8, 4) is 11.5 Å². The van der Waals surface area contributed by atoms with Gasteiger partial charge in [0.05, 0.1) is 34.0 Å². The van der Waals surface area contributed by atoms with Crippen LogP contribution >= 0.6 is 11.8 Å². The number of nitrogens with zero attached hydrogens (tertiary/aromatic N) is 4. The predicted molar refractivity (Wildman–Crippen MR) is 125 cm³/mol. The van der Waals surface area contributed by atoms with Gasteiger partial charge >= 0.3 is 0 Å². The molecule has 1 amide bonds. The molecule has 11 nitrogen and oxygen atoms in total. The van der Waals surface area contributed by atoms with E-state index in [1.807, 2.05) is 24.3 Å². The van der Waals surface area contributed by atoms with Gasteiger partial charge in [-0.3, -0.25) is 14.9 Å². The third-order valence-corrected chi connectivity index (χ3v) is 6.60. The van der Waals surface area contributed by atoms with Crippen LogP contribution < -0.4 is 9.47 Å². The Morgan fingerprint density at radius 1 is 1.20 bits per heavy atom. The van der Waals surface area contributed by atoms with Crippen molar-refractivity contribution in [3.05, 3.63) is 76.2 Å². The van der Waals surface area contributed by atoms with E-state index in [1.165, 1.54) is 28.9 Å². The quantitative estimate of drug-likeness (QED) is 0.240. The van der Waals surface area contributed by atoms with Gasteiger partial charge in [0.1, 0.15) is 11.5 Å². The molecule has 0 spiro atoms. The van der Waals surface area contributed by atoms with E-state index in [2.05, 4.69) is 15.1 Å². The molecule has 2 aromatic carbocycles. The van der Waals surface area contributed by atoms with Crippen LogP contribution in [0.2, 0.25) is 0 Å². The highest BCUT2D eigenvalue weighted by Crippen LogP contribution is 2.39. The average Bonchev–Trinajstić information content (AvgIpc) is 3.66. The van der Waals surface area contributed by atoms with E-state index in [4.69, 9.17) is 13.9 Å². The summed E-state index contributed by atoms with van der Waals surface area (Å²) >= 11 is 1.21. The molecule has 0 saturated carbocycles. The zero-order chi connectivity index (χ0) is 23.9. The third kappa shape index (κ3) is 3.97. The van der Waals surface area contributed by atoms with Crippen molar-refractivity contribution in [2.45, 2.75) is 17.6 Å². The second-order valence-electron chi connectivity index (χ2n) is 7.88. The van der Waals surface area contributed by atoms with E-state index in [1.54, 1.807) is 18.4 Å². The van der Waals surface area contributed by atoms with Crippen LogP contribution in [0.3, 0.4) is 0 Å². The second kappa shape index (κ2) is 8.47. The summed E-state index contributed by atoms with van der Waals surface area (Å²) in [5, 5.41) is 17.6. The van der Waals surface area contributed by atoms with Gasteiger partial charge in [0.25, 0.3) is 11.6 Å². The molecule has 0 saturated heterocycles. The largest absolute Gasteiger partial charge is 0.463 e. The smallest absolute Gasteiger partial charge is 0.271 e. The van der Waals surface area contributed by atoms with Gasteiger partial charge in [-0.15, -0.1) is 0 Å². The van der Waals surface area contributed by atoms with Crippen molar-refractivity contribution < 1.29 is 23.6 Å². The Bertz CT molecular complexity index is 1480. The number of hydrazone groups is 1. The average molecular weight is 491 g/mol. The van der Waals surface area contributed by atoms with Crippen molar-refractivity contribution in [2.75, 3.05) is 12.5 Å². The van der Waals surface area contributed by atoms with Crippen molar-refractivity contribution in [1.82, 2.24) is 15.0 Å². The standard InChI is InChI=1S/C23H17N5O6S/c29-22(11-35-23-24-15-5-4-14(28(30)31)9-16(15)25-23)27-18(10-17(26-27)19-2-1-7-32-19)13-3-6-20-21(8-13)34-12-33-20/h1-9,18H,10-12H2,(H,24,25). The highest BCUT2D eigenvalue weighted by Gasteiger charge is 2.35. The molecule has 12 heteroatoms. The highest BCUT2D eigenvalue weighted by molar-refractivity contribution is 7.99. The fourth-order valence-corrected chi connectivity index (χ4v) is 4.80. The van der Waals surface area contributed by atoms with Gasteiger partial charge in [0.15, 0.2) is 16.7 Å². The number of thioether (sulfide) groups is 1. The van der Waals surface area contributed by atoms with Gasteiger partial charge in [-0.1, -0.05) is 17.8 Å². The number of hydrogen-bond donors (Lipinski definition) is 1. The molecular weight excluding hydrogens is 474 g/mol. The number of benzene rings is 2. The van der Waals surface area contributed by atoms with Gasteiger partial charge in [0, 0.05) is 18.6 Å². The second-order valence-corrected chi connectivity index (χ2v) is 8.85. The number of hydrogen-bond acceptors (Lipinski definition) is 9. The number of carbonyl (C=O) groups excluding carboxylic acids is 1. The molecular formula is C23H17N5O6S. The molecule has 1 unspecified atom stereocenters. The summed E-state index contributed by atoms with van der Waals surface area (Å²) in [6, 6.07) is 13.2. The molecule has 0 aliphatic carbocycles. The van der Waals surface area contributed by atoms with Crippen molar-refractivity contribution in [1.29, 1.82) is 0 Å². The number of imidazole rings is 1. The van der Waals surface area contributed by atoms with Crippen molar-refractivity contribution in [2.24, 2.45) is 5.10 Å². The minimum atomic E-state index is -0.463. The Labute approximate surface area is 201 Å². The van der Waals surface area contributed by atoms with Crippen molar-refractivity contribution in [3.63, 3.8) is 0 Å². The number of fused-ring (bicyclic) bond motifs is 2. The van der Waals surface area contributed by atoms with E-state index >= 15 is 0 Å². The number of non-ortho nitro benzene ring substituents is 1. The van der Waals surface area contributed by atoms with Crippen LogP contribution in [0.1, 0.15) is 23.8 Å². The molecule has 0 bridgehead atoms. The molecule has 4 aromatic rings. The number of furan rings is 1. The van der Waals surface area contributed by atoms with Crippen molar-refractivity contribution >= 4 is 40.1 Å². The number of ether oxygens (including phenoxy) is 2. The first kappa shape index (κ1) is 21.2. The van der Waals surface area contributed by atoms with E-state index in [9.17, 15) is 14.9 Å². The van der Waals surface area contributed by atoms with Gasteiger partial charge in [-0.25, -0.2) is 9.99 Å². The van der Waals surface area contributed by atoms with Crippen LogP contribution in [-0.2, 0) is 4.79 Å². The van der Waals surface area contributed by atoms with Gasteiger partial charge in [0.2, 0.25) is 6.79 Å². The number of H-pyrrole nitrogens is 1. The maximum absolute atomic E-state index is 13.3. The van der Waals surface area contributed by atoms with E-state index in [0.29, 0.717) is 45.6 Å². The Morgan fingerprint density at radius 2 is 2.09 bits per heavy atom. The zero-order valence-electron chi connectivity index (χ0n) is 18.0. The van der Waals surface area contributed by atoms with Crippen LogP contribution in [0.25, 0.3) is 11.0 Å². The summed E-state index contributed by atoms with van der Waals surface area (Å²) in [7, 11) is 0. The molecule has 4 heterocycles. The van der Waals surface area contributed by atoms with E-state index in [0.717, 1.165) is 5.56 Å². The maximum Gasteiger partial charge on any atom is 0.271 e. The van der Waals surface area contributed by atoms with Crippen LogP contribution in [-0.4, -0.2) is 44.1 Å². The predicted octanol–water partition coefficient (Wildman–Crippen LogP) is 4.26. The number of aromatic nitrogens is 2. The molecule has 0 radical (unpaired) electrons. The summed E-state index contributed by atoms with van der Waals surface area (Å²) in [5.41, 5.74) is 2.63. The fraction of sp³-hybridized carbons (Fsp3) is 0.174. The number of rotatable bonds is 6. The lowest BCUT2D eigenvalue weighted by molar-refractivity contribution is -0.384. The number of nitro groups is 1. The molecule has 2 aromatic heterocycles. The molecule has 1 atom stereocenters. The maximum atomic E-state index is 13.3. The molecule has 1 N–H and O–H groups in total. The number of nitro benzene ring substituents is 1. The number of amides is 1. The minimum Gasteiger partial charge on any atom is -0.463 e. The van der Waals surface area contributed by atoms with Gasteiger partial charge < -0.3 is 18.9 Å². The first-order valence-corrected chi connectivity index (χ1v) is 11.6. The summed E-state index contributed by atoms with van der Waals surface area (Å²) in [6.45, 7) is 0.164. The summed E-state index contributed by atoms with van der Waals surface area (Å²) in [4.78, 5) is 31.3. The summed E-state index contributed by atoms with van der Waals surface area (Å²) in [6.07, 6.45) is 2.05. The molecule has 176 valence electrons. The normalized spacial score (nSPS) is 16.6. The Morgan fingerprint density at radius 3 is 2.91 bits per heavy atom. The first-order chi connectivity index (χ1) is 17.0. The Balaban J connectivity index is 1.24. The Kier molecular flexibility index (Phi) is 5.14. The summed E-state index contributed by atoms with van der Waals surface area (Å²) < 4.78 is 16.4. The number of carbonyl (C=O) groups is 1. The SMILES string of the molecule is O=C(CSc1nc2ccc([N+](=O)[O-])cc2[nH]1)N1N=C(c2ccco2)CC1c1ccc2c(c1)OCO2. The first-order valence-electron chi connectivity index (χ1n) is 10.6. The van der Waals surface area contributed by atoms with Crippen LogP contribution in [0.5, 0.6) is 11.5 Å². The molecule has 0 fully saturated rings. The number of aromatic amines is 1. The molecule has 6 rings (SSSR count). The third-order valence-electron chi connectivity index (χ3n) is 5.74. The molecule has 2 aliphatic rings. The monoisotopic (exact) mass is 491 g/mol. The lowest BCUT2D eigenvalue weighted by atomic mass is 10.0. The fourth-order valence-electron chi connectivity index (χ4n) is 4.06.